The van der Waals surface area contributed by atoms with E-state index < -0.39 is 0 Å². The van der Waals surface area contributed by atoms with Crippen LogP contribution in [0.2, 0.25) is 5.02 Å². The van der Waals surface area contributed by atoms with E-state index in [2.05, 4.69) is 10.6 Å². The van der Waals surface area contributed by atoms with Gasteiger partial charge in [-0.15, -0.1) is 0 Å². The number of benzene rings is 2. The summed E-state index contributed by atoms with van der Waals surface area (Å²) in [5, 5.41) is 6.57. The molecule has 2 aliphatic rings. The van der Waals surface area contributed by atoms with E-state index in [9.17, 15) is 9.59 Å². The zero-order chi connectivity index (χ0) is 21.0. The number of carbonyl (C=O) groups excluding carboxylic acids is 2. The lowest BCUT2D eigenvalue weighted by Gasteiger charge is -2.38. The van der Waals surface area contributed by atoms with Gasteiger partial charge in [-0.3, -0.25) is 9.59 Å². The fourth-order valence-electron chi connectivity index (χ4n) is 4.05. The maximum absolute atomic E-state index is 12.5. The Morgan fingerprint density at radius 1 is 1.13 bits per heavy atom. The molecule has 6 nitrogen and oxygen atoms in total. The number of ether oxygens (including phenoxy) is 2. The molecule has 0 radical (unpaired) electrons. The van der Waals surface area contributed by atoms with Crippen molar-refractivity contribution in [2.24, 2.45) is 0 Å². The maximum atomic E-state index is 12.5. The summed E-state index contributed by atoms with van der Waals surface area (Å²) in [6.45, 7) is 1.80. The molecule has 7 heteroatoms. The lowest BCUT2D eigenvalue weighted by Crippen LogP contribution is -2.45. The van der Waals surface area contributed by atoms with Crippen LogP contribution in [-0.2, 0) is 26.2 Å². The van der Waals surface area contributed by atoms with Crippen LogP contribution < -0.4 is 15.4 Å². The second-order valence-corrected chi connectivity index (χ2v) is 8.27. The Labute approximate surface area is 180 Å². The van der Waals surface area contributed by atoms with E-state index in [-0.39, 0.29) is 23.8 Å². The number of rotatable bonds is 6. The average Bonchev–Trinajstić information content (AvgIpc) is 2.77. The molecule has 0 atom stereocenters. The Hall–Kier alpha value is -2.57. The van der Waals surface area contributed by atoms with Gasteiger partial charge >= 0.3 is 0 Å². The summed E-state index contributed by atoms with van der Waals surface area (Å²) in [4.78, 5) is 23.9. The van der Waals surface area contributed by atoms with Gasteiger partial charge in [0.15, 0.2) is 6.61 Å². The largest absolute Gasteiger partial charge is 0.484 e. The first-order chi connectivity index (χ1) is 14.5. The zero-order valence-corrected chi connectivity index (χ0v) is 17.5. The van der Waals surface area contributed by atoms with Crippen LogP contribution in [0.25, 0.3) is 0 Å². The molecule has 2 aliphatic heterocycles. The number of halogens is 1. The van der Waals surface area contributed by atoms with Gasteiger partial charge in [0.05, 0.1) is 0 Å². The van der Waals surface area contributed by atoms with Crippen molar-refractivity contribution in [3.63, 3.8) is 0 Å². The Bertz CT molecular complexity index is 923. The van der Waals surface area contributed by atoms with Crippen LogP contribution in [0.15, 0.2) is 42.5 Å². The smallest absolute Gasteiger partial charge is 0.257 e. The third kappa shape index (κ3) is 4.77. The van der Waals surface area contributed by atoms with E-state index >= 15 is 0 Å². The first kappa shape index (κ1) is 20.7. The van der Waals surface area contributed by atoms with Crippen molar-refractivity contribution in [3.8, 4) is 5.75 Å². The highest BCUT2D eigenvalue weighted by Crippen LogP contribution is 2.35. The second-order valence-electron chi connectivity index (χ2n) is 7.83. The van der Waals surface area contributed by atoms with E-state index in [1.807, 2.05) is 36.4 Å². The topological polar surface area (TPSA) is 76.7 Å². The zero-order valence-electron chi connectivity index (χ0n) is 16.7. The van der Waals surface area contributed by atoms with Gasteiger partial charge in [0, 0.05) is 42.3 Å². The lowest BCUT2D eigenvalue weighted by atomic mass is 9.74. The van der Waals surface area contributed by atoms with Gasteiger partial charge in [-0.2, -0.15) is 0 Å². The van der Waals surface area contributed by atoms with Crippen LogP contribution >= 0.6 is 11.6 Å². The van der Waals surface area contributed by atoms with Gasteiger partial charge in [0.1, 0.15) is 5.75 Å². The van der Waals surface area contributed by atoms with E-state index in [4.69, 9.17) is 21.1 Å². The summed E-state index contributed by atoms with van der Waals surface area (Å²) in [6, 6.07) is 13.3. The monoisotopic (exact) mass is 428 g/mol. The van der Waals surface area contributed by atoms with Gasteiger partial charge in [-0.25, -0.2) is 0 Å². The van der Waals surface area contributed by atoms with Crippen molar-refractivity contribution in [2.75, 3.05) is 31.7 Å². The molecule has 0 unspecified atom stereocenters. The predicted octanol–water partition coefficient (Wildman–Crippen LogP) is 3.47. The summed E-state index contributed by atoms with van der Waals surface area (Å²) in [6.07, 6.45) is 2.82. The fourth-order valence-corrected chi connectivity index (χ4v) is 4.18. The maximum Gasteiger partial charge on any atom is 0.257 e. The van der Waals surface area contributed by atoms with Crippen LogP contribution in [0, 0.1) is 0 Å². The number of aryl methyl sites for hydroxylation is 1. The third-order valence-corrected chi connectivity index (χ3v) is 6.12. The van der Waals surface area contributed by atoms with Crippen molar-refractivity contribution in [3.05, 3.63) is 58.6 Å². The number of fused-ring (bicyclic) bond motifs is 1. The van der Waals surface area contributed by atoms with E-state index in [1.54, 1.807) is 6.07 Å². The highest BCUT2D eigenvalue weighted by Gasteiger charge is 2.34. The number of hydrogen-bond acceptors (Lipinski definition) is 4. The van der Waals surface area contributed by atoms with Gasteiger partial charge in [-0.05, 0) is 60.7 Å². The van der Waals surface area contributed by atoms with Crippen LogP contribution in [0.5, 0.6) is 5.75 Å². The molecule has 2 aromatic carbocycles. The molecule has 2 heterocycles. The van der Waals surface area contributed by atoms with Crippen molar-refractivity contribution in [1.82, 2.24) is 5.32 Å². The molecule has 158 valence electrons. The van der Waals surface area contributed by atoms with E-state index in [0.717, 1.165) is 29.7 Å². The standard InChI is InChI=1S/C23H25ClN2O4/c24-18-4-2-17(3-5-18)23(9-11-29-12-10-23)15-25-22(28)14-30-19-6-7-20-16(13-19)1-8-21(27)26-20/h2-7,13H,1,8-12,14-15H2,(H,25,28)(H,26,27). The number of hydrogen-bond donors (Lipinski definition) is 2. The molecule has 2 aromatic rings. The second kappa shape index (κ2) is 9.06. The third-order valence-electron chi connectivity index (χ3n) is 5.87. The highest BCUT2D eigenvalue weighted by atomic mass is 35.5. The molecular weight excluding hydrogens is 404 g/mol. The first-order valence-electron chi connectivity index (χ1n) is 10.2. The molecule has 1 fully saturated rings. The quantitative estimate of drug-likeness (QED) is 0.738. The number of anilines is 1. The van der Waals surface area contributed by atoms with Crippen LogP contribution in [-0.4, -0.2) is 38.2 Å². The molecule has 0 saturated carbocycles. The number of amides is 2. The summed E-state index contributed by atoms with van der Waals surface area (Å²) in [5.74, 6) is 0.484. The Morgan fingerprint density at radius 2 is 1.90 bits per heavy atom. The van der Waals surface area contributed by atoms with E-state index in [1.165, 1.54) is 0 Å². The van der Waals surface area contributed by atoms with Crippen LogP contribution in [0.3, 0.4) is 0 Å². The predicted molar refractivity (Wildman–Crippen MR) is 115 cm³/mol. The molecule has 2 amide bonds. The van der Waals surface area contributed by atoms with Crippen molar-refractivity contribution >= 4 is 29.1 Å². The molecule has 30 heavy (non-hydrogen) atoms. The lowest BCUT2D eigenvalue weighted by molar-refractivity contribution is -0.123. The Morgan fingerprint density at radius 3 is 2.67 bits per heavy atom. The van der Waals surface area contributed by atoms with Crippen LogP contribution in [0.1, 0.15) is 30.4 Å². The van der Waals surface area contributed by atoms with Gasteiger partial charge in [-0.1, -0.05) is 23.7 Å². The summed E-state index contributed by atoms with van der Waals surface area (Å²) < 4.78 is 11.2. The number of carbonyl (C=O) groups is 2. The van der Waals surface area contributed by atoms with Gasteiger partial charge in [0.25, 0.3) is 5.91 Å². The van der Waals surface area contributed by atoms with Crippen LogP contribution in [0.4, 0.5) is 5.69 Å². The first-order valence-corrected chi connectivity index (χ1v) is 10.6. The molecule has 4 rings (SSSR count). The number of nitrogens with one attached hydrogen (secondary N) is 2. The molecule has 0 aromatic heterocycles. The molecule has 0 aliphatic carbocycles. The van der Waals surface area contributed by atoms with Crippen molar-refractivity contribution in [2.45, 2.75) is 31.1 Å². The Balaban J connectivity index is 1.35. The molecule has 0 spiro atoms. The van der Waals surface area contributed by atoms with Crippen molar-refractivity contribution in [1.29, 1.82) is 0 Å². The Kier molecular flexibility index (Phi) is 6.25. The van der Waals surface area contributed by atoms with Gasteiger partial charge < -0.3 is 20.1 Å². The molecule has 2 N–H and O–H groups in total. The summed E-state index contributed by atoms with van der Waals surface area (Å²) in [7, 11) is 0. The highest BCUT2D eigenvalue weighted by molar-refractivity contribution is 6.30. The summed E-state index contributed by atoms with van der Waals surface area (Å²) >= 11 is 6.04. The van der Waals surface area contributed by atoms with Gasteiger partial charge in [0.2, 0.25) is 5.91 Å². The normalized spacial score (nSPS) is 17.6. The minimum absolute atomic E-state index is 0.0262. The SMILES string of the molecule is O=C(COc1ccc2c(c1)CCC(=O)N2)NCC1(c2ccc(Cl)cc2)CCOCC1. The minimum Gasteiger partial charge on any atom is -0.484 e. The van der Waals surface area contributed by atoms with E-state index in [0.29, 0.717) is 43.4 Å². The summed E-state index contributed by atoms with van der Waals surface area (Å²) in [5.41, 5.74) is 2.83. The minimum atomic E-state index is -0.166. The van der Waals surface area contributed by atoms with Crippen molar-refractivity contribution < 1.29 is 19.1 Å². The average molecular weight is 429 g/mol. The molecule has 1 saturated heterocycles. The fraction of sp³-hybridized carbons (Fsp3) is 0.391. The molecule has 0 bridgehead atoms. The molecular formula is C23H25ClN2O4.